The maximum atomic E-state index is 2.32. The minimum atomic E-state index is 0. The van der Waals surface area contributed by atoms with Crippen molar-refractivity contribution in [1.29, 1.82) is 0 Å². The van der Waals surface area contributed by atoms with Crippen LogP contribution in [0.1, 0.15) is 157 Å². The quantitative estimate of drug-likeness (QED) is 0.0641. The Bertz CT molecular complexity index is 234. The van der Waals surface area contributed by atoms with Gasteiger partial charge < -0.3 is 0 Å². The Morgan fingerprint density at radius 3 is 0.545 bits per heavy atom. The van der Waals surface area contributed by atoms with Crippen molar-refractivity contribution in [3.63, 3.8) is 0 Å². The molecule has 0 aliphatic carbocycles. The third kappa shape index (κ3) is 33.4. The van der Waals surface area contributed by atoms with E-state index in [9.17, 15) is 0 Å². The van der Waals surface area contributed by atoms with Gasteiger partial charge in [-0.25, -0.2) is 0 Å². The van der Waals surface area contributed by atoms with E-state index < -0.39 is 0 Å². The predicted molar refractivity (Wildman–Crippen MR) is 160 cm³/mol. The summed E-state index contributed by atoms with van der Waals surface area (Å²) in [6.45, 7) is 13.9. The van der Waals surface area contributed by atoms with E-state index in [-0.39, 0.29) is 16.5 Å². The monoisotopic (exact) mass is 546 g/mol. The molecule has 0 saturated heterocycles. The number of hydrogen-bond acceptors (Lipinski definition) is 0. The van der Waals surface area contributed by atoms with Crippen LogP contribution >= 0.6 is 15.8 Å². The Morgan fingerprint density at radius 2 is 0.424 bits per heavy atom. The van der Waals surface area contributed by atoms with Gasteiger partial charge in [0.15, 0.2) is 0 Å². The standard InChI is InChI=1S/2C15H33P.Ni/c2*1-4-7-10-13-16(14-11-8-5-2)15-12-9-6-3;/h2*4-15H2,1-3H3;. The average Bonchev–Trinajstić information content (AvgIpc) is 2.80. The summed E-state index contributed by atoms with van der Waals surface area (Å²) in [5.74, 6) is 0. The molecule has 0 amide bonds. The van der Waals surface area contributed by atoms with E-state index in [1.807, 2.05) is 0 Å². The van der Waals surface area contributed by atoms with Crippen LogP contribution < -0.4 is 0 Å². The number of unbranched alkanes of at least 4 members (excludes halogenated alkanes) is 12. The molecule has 0 aromatic heterocycles. The van der Waals surface area contributed by atoms with Gasteiger partial charge in [-0.3, -0.25) is 0 Å². The summed E-state index contributed by atoms with van der Waals surface area (Å²) in [6, 6.07) is 0. The van der Waals surface area contributed by atoms with Gasteiger partial charge in [0.2, 0.25) is 0 Å². The zero-order chi connectivity index (χ0) is 24.1. The van der Waals surface area contributed by atoms with Crippen LogP contribution in [0.2, 0.25) is 0 Å². The first-order valence-corrected chi connectivity index (χ1v) is 18.9. The van der Waals surface area contributed by atoms with Crippen LogP contribution in [-0.4, -0.2) is 37.0 Å². The summed E-state index contributed by atoms with van der Waals surface area (Å²) in [4.78, 5) is 0. The van der Waals surface area contributed by atoms with E-state index in [0.717, 1.165) is 0 Å². The summed E-state index contributed by atoms with van der Waals surface area (Å²) in [6.07, 6.45) is 35.4. The Hall–Kier alpha value is 1.35. The molecular formula is C30H66NiP2. The van der Waals surface area contributed by atoms with Crippen molar-refractivity contribution >= 4 is 15.8 Å². The Kier molecular flexibility index (Phi) is 41.8. The topological polar surface area (TPSA) is 0 Å². The summed E-state index contributed by atoms with van der Waals surface area (Å²) in [5, 5.41) is 0. The van der Waals surface area contributed by atoms with E-state index in [2.05, 4.69) is 41.5 Å². The number of rotatable bonds is 24. The van der Waals surface area contributed by atoms with Crippen LogP contribution in [0.5, 0.6) is 0 Å². The van der Waals surface area contributed by atoms with Crippen molar-refractivity contribution in [2.45, 2.75) is 157 Å². The van der Waals surface area contributed by atoms with E-state index in [4.69, 9.17) is 0 Å². The van der Waals surface area contributed by atoms with Gasteiger partial charge in [0, 0.05) is 16.5 Å². The summed E-state index contributed by atoms with van der Waals surface area (Å²) >= 11 is 0. The van der Waals surface area contributed by atoms with Gasteiger partial charge >= 0.3 is 0 Å². The predicted octanol–water partition coefficient (Wildman–Crippen LogP) is 12.1. The molecule has 0 aromatic rings. The molecule has 206 valence electrons. The Labute approximate surface area is 225 Å². The van der Waals surface area contributed by atoms with Crippen molar-refractivity contribution in [3.05, 3.63) is 0 Å². The zero-order valence-electron chi connectivity index (χ0n) is 24.2. The van der Waals surface area contributed by atoms with Crippen molar-refractivity contribution in [2.75, 3.05) is 37.0 Å². The molecule has 0 radical (unpaired) electrons. The fourth-order valence-electron chi connectivity index (χ4n) is 4.18. The average molecular weight is 547 g/mol. The molecule has 0 fully saturated rings. The molecule has 0 spiro atoms. The van der Waals surface area contributed by atoms with Crippen LogP contribution in [0.15, 0.2) is 0 Å². The Morgan fingerprint density at radius 1 is 0.273 bits per heavy atom. The van der Waals surface area contributed by atoms with Crippen molar-refractivity contribution < 1.29 is 16.5 Å². The molecule has 0 nitrogen and oxygen atoms in total. The second-order valence-electron chi connectivity index (χ2n) is 9.93. The summed E-state index contributed by atoms with van der Waals surface area (Å²) < 4.78 is 0. The maximum absolute atomic E-state index is 2.32. The van der Waals surface area contributed by atoms with Crippen LogP contribution in [0, 0.1) is 0 Å². The molecule has 0 unspecified atom stereocenters. The fraction of sp³-hybridized carbons (Fsp3) is 1.00. The molecule has 0 bridgehead atoms. The van der Waals surface area contributed by atoms with Gasteiger partial charge in [-0.15, -0.1) is 15.8 Å². The normalized spacial score (nSPS) is 10.9. The summed E-state index contributed by atoms with van der Waals surface area (Å²) in [7, 11) is 0.809. The first-order valence-electron chi connectivity index (χ1n) is 15.1. The van der Waals surface area contributed by atoms with Crippen molar-refractivity contribution in [1.82, 2.24) is 0 Å². The molecular weight excluding hydrogens is 481 g/mol. The molecule has 0 aromatic carbocycles. The first kappa shape index (κ1) is 38.9. The third-order valence-electron chi connectivity index (χ3n) is 6.47. The summed E-state index contributed by atoms with van der Waals surface area (Å²) in [5.41, 5.74) is 0. The minimum Gasteiger partial charge on any atom is -0.107 e. The van der Waals surface area contributed by atoms with E-state index in [1.54, 1.807) is 37.0 Å². The molecule has 0 rings (SSSR count). The largest absolute Gasteiger partial charge is 0.107 e. The van der Waals surface area contributed by atoms with E-state index in [0.29, 0.717) is 15.8 Å². The van der Waals surface area contributed by atoms with Crippen molar-refractivity contribution in [2.24, 2.45) is 0 Å². The van der Waals surface area contributed by atoms with E-state index >= 15 is 0 Å². The molecule has 0 aliphatic heterocycles. The Balaban J connectivity index is -0.000000529. The van der Waals surface area contributed by atoms with Crippen LogP contribution in [0.4, 0.5) is 0 Å². The van der Waals surface area contributed by atoms with Gasteiger partial charge in [-0.05, 0) is 75.5 Å². The minimum absolute atomic E-state index is 0. The van der Waals surface area contributed by atoms with Crippen molar-refractivity contribution in [3.8, 4) is 0 Å². The van der Waals surface area contributed by atoms with Gasteiger partial charge in [-0.1, -0.05) is 119 Å². The van der Waals surface area contributed by atoms with Crippen LogP contribution in [-0.2, 0) is 16.5 Å². The van der Waals surface area contributed by atoms with E-state index in [1.165, 1.54) is 116 Å². The molecule has 0 heterocycles. The van der Waals surface area contributed by atoms with Gasteiger partial charge in [0.05, 0.1) is 0 Å². The molecule has 33 heavy (non-hydrogen) atoms. The molecule has 3 heteroatoms. The number of hydrogen-bond donors (Lipinski definition) is 0. The third-order valence-corrected chi connectivity index (χ3v) is 12.2. The molecule has 0 aliphatic rings. The second kappa shape index (κ2) is 35.5. The smallest absolute Gasteiger partial charge is 0 e. The zero-order valence-corrected chi connectivity index (χ0v) is 27.0. The van der Waals surface area contributed by atoms with Crippen LogP contribution in [0.25, 0.3) is 0 Å². The SMILES string of the molecule is CCCCCP(CCCCC)CCCCC.CCCCCP(CCCCC)CCCCC.[Ni]. The second-order valence-corrected chi connectivity index (χ2v) is 15.3. The molecule has 0 saturated carbocycles. The fourth-order valence-corrected chi connectivity index (χ4v) is 9.55. The molecule has 0 atom stereocenters. The van der Waals surface area contributed by atoms with Crippen LogP contribution in [0.3, 0.4) is 0 Å². The molecule has 0 N–H and O–H groups in total. The van der Waals surface area contributed by atoms with Gasteiger partial charge in [-0.2, -0.15) is 0 Å². The first-order chi connectivity index (χ1) is 15.7. The van der Waals surface area contributed by atoms with Gasteiger partial charge in [0.1, 0.15) is 0 Å². The van der Waals surface area contributed by atoms with Gasteiger partial charge in [0.25, 0.3) is 0 Å². The maximum Gasteiger partial charge on any atom is 0 e.